The molecular formula is C14H7F3N4O. The Kier molecular flexibility index (Phi) is 3.18. The minimum atomic E-state index is -4.47. The first-order chi connectivity index (χ1) is 10.5. The zero-order chi connectivity index (χ0) is 15.7. The Balaban J connectivity index is 2.18. The first-order valence-corrected chi connectivity index (χ1v) is 6.08. The Morgan fingerprint density at radius 3 is 2.64 bits per heavy atom. The highest BCUT2D eigenvalue weighted by molar-refractivity contribution is 5.62. The second-order valence-electron chi connectivity index (χ2n) is 4.34. The van der Waals surface area contributed by atoms with Gasteiger partial charge in [0.1, 0.15) is 11.8 Å². The van der Waals surface area contributed by atoms with Crippen LogP contribution in [-0.4, -0.2) is 15.0 Å². The monoisotopic (exact) mass is 304 g/mol. The number of nitrogens with zero attached hydrogens (tertiary/aromatic N) is 4. The predicted molar refractivity (Wildman–Crippen MR) is 68.8 cm³/mol. The van der Waals surface area contributed by atoms with Crippen LogP contribution >= 0.6 is 0 Å². The van der Waals surface area contributed by atoms with Gasteiger partial charge in [-0.2, -0.15) is 18.4 Å². The highest BCUT2D eigenvalue weighted by Gasteiger charge is 2.31. The molecule has 22 heavy (non-hydrogen) atoms. The number of hydrogen-bond acceptors (Lipinski definition) is 4. The quantitative estimate of drug-likeness (QED) is 0.727. The molecule has 0 radical (unpaired) electrons. The summed E-state index contributed by atoms with van der Waals surface area (Å²) in [5.41, 5.74) is -0.515. The number of nitriles is 1. The number of benzene rings is 1. The average molecular weight is 304 g/mol. The van der Waals surface area contributed by atoms with E-state index in [0.717, 1.165) is 16.8 Å². The molecule has 2 aromatic heterocycles. The fourth-order valence-corrected chi connectivity index (χ4v) is 1.99. The number of rotatable bonds is 2. The summed E-state index contributed by atoms with van der Waals surface area (Å²) in [5, 5.41) is 16.5. The largest absolute Gasteiger partial charge is 0.463 e. The van der Waals surface area contributed by atoms with Crippen LogP contribution in [0.2, 0.25) is 0 Å². The molecule has 0 amide bonds. The van der Waals surface area contributed by atoms with E-state index in [-0.39, 0.29) is 17.1 Å². The van der Waals surface area contributed by atoms with Crippen LogP contribution in [0.15, 0.2) is 47.1 Å². The SMILES string of the molecule is N#Cc1nnn(-c2cccc(C(F)(F)F)c2)c1-c1ccco1. The summed E-state index contributed by atoms with van der Waals surface area (Å²) in [6.45, 7) is 0. The molecule has 110 valence electrons. The van der Waals surface area contributed by atoms with Crippen molar-refractivity contribution in [3.05, 3.63) is 53.9 Å². The molecule has 2 heterocycles. The van der Waals surface area contributed by atoms with Gasteiger partial charge in [0, 0.05) is 0 Å². The van der Waals surface area contributed by atoms with E-state index in [1.165, 1.54) is 18.4 Å². The minimum Gasteiger partial charge on any atom is -0.463 e. The molecule has 0 saturated heterocycles. The highest BCUT2D eigenvalue weighted by Crippen LogP contribution is 2.31. The van der Waals surface area contributed by atoms with E-state index in [1.54, 1.807) is 12.1 Å². The van der Waals surface area contributed by atoms with Crippen LogP contribution in [0.5, 0.6) is 0 Å². The normalized spacial score (nSPS) is 11.4. The molecule has 0 aliphatic carbocycles. The zero-order valence-corrected chi connectivity index (χ0v) is 10.9. The van der Waals surface area contributed by atoms with Crippen LogP contribution in [0.25, 0.3) is 17.1 Å². The highest BCUT2D eigenvalue weighted by atomic mass is 19.4. The Labute approximate surface area is 122 Å². The molecule has 3 aromatic rings. The van der Waals surface area contributed by atoms with Crippen molar-refractivity contribution in [2.75, 3.05) is 0 Å². The smallest absolute Gasteiger partial charge is 0.416 e. The first-order valence-electron chi connectivity index (χ1n) is 6.08. The standard InChI is InChI=1S/C14H7F3N4O/c15-14(16,17)9-3-1-4-10(7-9)21-13(11(8-18)19-20-21)12-5-2-6-22-12/h1-7H. The van der Waals surface area contributed by atoms with E-state index in [0.29, 0.717) is 5.76 Å². The molecule has 0 aliphatic rings. The van der Waals surface area contributed by atoms with E-state index in [9.17, 15) is 13.2 Å². The summed E-state index contributed by atoms with van der Waals surface area (Å²) in [5.74, 6) is 0.291. The maximum Gasteiger partial charge on any atom is 0.416 e. The molecule has 0 spiro atoms. The van der Waals surface area contributed by atoms with Gasteiger partial charge in [-0.3, -0.25) is 0 Å². The number of furan rings is 1. The van der Waals surface area contributed by atoms with Crippen LogP contribution in [0.4, 0.5) is 13.2 Å². The number of halogens is 3. The van der Waals surface area contributed by atoms with Gasteiger partial charge >= 0.3 is 6.18 Å². The van der Waals surface area contributed by atoms with E-state index in [1.807, 2.05) is 6.07 Å². The lowest BCUT2D eigenvalue weighted by atomic mass is 10.2. The van der Waals surface area contributed by atoms with Crippen LogP contribution in [0.1, 0.15) is 11.3 Å². The average Bonchev–Trinajstić information content (AvgIpc) is 3.15. The lowest BCUT2D eigenvalue weighted by molar-refractivity contribution is -0.137. The van der Waals surface area contributed by atoms with Crippen molar-refractivity contribution in [3.8, 4) is 23.2 Å². The second-order valence-corrected chi connectivity index (χ2v) is 4.34. The molecule has 1 aromatic carbocycles. The van der Waals surface area contributed by atoms with Crippen LogP contribution < -0.4 is 0 Å². The van der Waals surface area contributed by atoms with Crippen molar-refractivity contribution in [1.82, 2.24) is 15.0 Å². The van der Waals surface area contributed by atoms with Crippen molar-refractivity contribution < 1.29 is 17.6 Å². The van der Waals surface area contributed by atoms with Gasteiger partial charge in [-0.15, -0.1) is 5.10 Å². The lowest BCUT2D eigenvalue weighted by Crippen LogP contribution is -2.07. The van der Waals surface area contributed by atoms with Crippen LogP contribution in [-0.2, 0) is 6.18 Å². The Morgan fingerprint density at radius 1 is 1.18 bits per heavy atom. The predicted octanol–water partition coefficient (Wildman–Crippen LogP) is 3.42. The fraction of sp³-hybridized carbons (Fsp3) is 0.0714. The van der Waals surface area contributed by atoms with Gasteiger partial charge in [-0.25, -0.2) is 4.68 Å². The van der Waals surface area contributed by atoms with Gasteiger partial charge in [0.05, 0.1) is 17.5 Å². The third-order valence-corrected chi connectivity index (χ3v) is 2.95. The maximum absolute atomic E-state index is 12.8. The van der Waals surface area contributed by atoms with Gasteiger partial charge in [0.2, 0.25) is 0 Å². The van der Waals surface area contributed by atoms with E-state index in [4.69, 9.17) is 9.68 Å². The number of aromatic nitrogens is 3. The summed E-state index contributed by atoms with van der Waals surface area (Å²) in [6.07, 6.45) is -3.08. The Bertz CT molecular complexity index is 844. The number of alkyl halides is 3. The molecule has 0 N–H and O–H groups in total. The van der Waals surface area contributed by atoms with Gasteiger partial charge in [0.25, 0.3) is 0 Å². The molecule has 8 heteroatoms. The third kappa shape index (κ3) is 2.33. The molecule has 5 nitrogen and oxygen atoms in total. The van der Waals surface area contributed by atoms with Crippen LogP contribution in [0.3, 0.4) is 0 Å². The Morgan fingerprint density at radius 2 is 2.00 bits per heavy atom. The summed E-state index contributed by atoms with van der Waals surface area (Å²) in [6, 6.07) is 9.61. The molecular weight excluding hydrogens is 297 g/mol. The fourth-order valence-electron chi connectivity index (χ4n) is 1.99. The zero-order valence-electron chi connectivity index (χ0n) is 10.9. The van der Waals surface area contributed by atoms with Gasteiger partial charge < -0.3 is 4.42 Å². The van der Waals surface area contributed by atoms with E-state index < -0.39 is 11.7 Å². The van der Waals surface area contributed by atoms with Crippen LogP contribution in [0, 0.1) is 11.3 Å². The summed E-state index contributed by atoms with van der Waals surface area (Å²) in [7, 11) is 0. The third-order valence-electron chi connectivity index (χ3n) is 2.95. The minimum absolute atomic E-state index is 0.0349. The summed E-state index contributed by atoms with van der Waals surface area (Å²) >= 11 is 0. The topological polar surface area (TPSA) is 67.6 Å². The first kappa shape index (κ1) is 13.9. The van der Waals surface area contributed by atoms with Gasteiger partial charge in [-0.05, 0) is 30.3 Å². The van der Waals surface area contributed by atoms with Crippen molar-refractivity contribution in [1.29, 1.82) is 5.26 Å². The van der Waals surface area contributed by atoms with Crippen molar-refractivity contribution in [2.45, 2.75) is 6.18 Å². The molecule has 0 saturated carbocycles. The van der Waals surface area contributed by atoms with Crippen molar-refractivity contribution >= 4 is 0 Å². The van der Waals surface area contributed by atoms with Crippen molar-refractivity contribution in [3.63, 3.8) is 0 Å². The molecule has 0 aliphatic heterocycles. The second kappa shape index (κ2) is 5.04. The molecule has 0 bridgehead atoms. The summed E-state index contributed by atoms with van der Waals surface area (Å²) < 4.78 is 44.8. The van der Waals surface area contributed by atoms with Gasteiger partial charge in [0.15, 0.2) is 11.5 Å². The van der Waals surface area contributed by atoms with Crippen molar-refractivity contribution in [2.24, 2.45) is 0 Å². The maximum atomic E-state index is 12.8. The molecule has 3 rings (SSSR count). The molecule has 0 fully saturated rings. The van der Waals surface area contributed by atoms with Gasteiger partial charge in [-0.1, -0.05) is 11.3 Å². The van der Waals surface area contributed by atoms with E-state index in [2.05, 4.69) is 10.3 Å². The van der Waals surface area contributed by atoms with E-state index >= 15 is 0 Å². The Hall–Kier alpha value is -3.08. The molecule has 0 unspecified atom stereocenters. The number of hydrogen-bond donors (Lipinski definition) is 0. The molecule has 0 atom stereocenters. The summed E-state index contributed by atoms with van der Waals surface area (Å²) in [4.78, 5) is 0. The lowest BCUT2D eigenvalue weighted by Gasteiger charge is -2.09.